The van der Waals surface area contributed by atoms with Gasteiger partial charge in [-0.25, -0.2) is 0 Å². The molecule has 2 aliphatic heterocycles. The molecule has 1 aromatic carbocycles. The molecule has 20 heavy (non-hydrogen) atoms. The number of para-hydroxylation sites is 1. The van der Waals surface area contributed by atoms with Gasteiger partial charge >= 0.3 is 0 Å². The summed E-state index contributed by atoms with van der Waals surface area (Å²) in [6.07, 6.45) is 2.46. The SMILES string of the molecule is CCN1CCc2c3n(c4ccccc24)CN(C)CCC31. The highest BCUT2D eigenvalue weighted by Crippen LogP contribution is 2.40. The van der Waals surface area contributed by atoms with E-state index in [-0.39, 0.29) is 0 Å². The molecule has 0 saturated carbocycles. The predicted octanol–water partition coefficient (Wildman–Crippen LogP) is 2.85. The van der Waals surface area contributed by atoms with E-state index in [0.717, 1.165) is 13.2 Å². The van der Waals surface area contributed by atoms with E-state index >= 15 is 0 Å². The lowest BCUT2D eigenvalue weighted by atomic mass is 9.95. The number of likely N-dealkylation sites (N-methyl/N-ethyl adjacent to an activating group) is 1. The third kappa shape index (κ3) is 1.66. The summed E-state index contributed by atoms with van der Waals surface area (Å²) < 4.78 is 2.57. The molecule has 0 radical (unpaired) electrons. The minimum atomic E-state index is 0.612. The highest BCUT2D eigenvalue weighted by molar-refractivity contribution is 5.86. The van der Waals surface area contributed by atoms with Crippen molar-refractivity contribution in [2.24, 2.45) is 0 Å². The van der Waals surface area contributed by atoms with Crippen LogP contribution in [0.1, 0.15) is 30.6 Å². The molecular weight excluding hydrogens is 246 g/mol. The maximum Gasteiger partial charge on any atom is 0.0752 e. The normalized spacial score (nSPS) is 23.8. The van der Waals surface area contributed by atoms with E-state index in [9.17, 15) is 0 Å². The van der Waals surface area contributed by atoms with Crippen LogP contribution in [0.15, 0.2) is 24.3 Å². The van der Waals surface area contributed by atoms with Crippen molar-refractivity contribution in [3.05, 3.63) is 35.5 Å². The summed E-state index contributed by atoms with van der Waals surface area (Å²) in [5.74, 6) is 0. The predicted molar refractivity (Wildman–Crippen MR) is 82.9 cm³/mol. The van der Waals surface area contributed by atoms with Crippen molar-refractivity contribution in [2.45, 2.75) is 32.5 Å². The van der Waals surface area contributed by atoms with Gasteiger partial charge in [-0.15, -0.1) is 0 Å². The van der Waals surface area contributed by atoms with Gasteiger partial charge < -0.3 is 4.57 Å². The van der Waals surface area contributed by atoms with E-state index in [0.29, 0.717) is 6.04 Å². The number of hydrogen-bond donors (Lipinski definition) is 0. The summed E-state index contributed by atoms with van der Waals surface area (Å²) in [6, 6.07) is 9.57. The van der Waals surface area contributed by atoms with Crippen LogP contribution in [0.25, 0.3) is 10.9 Å². The second-order valence-electron chi connectivity index (χ2n) is 6.21. The molecule has 0 amide bonds. The topological polar surface area (TPSA) is 11.4 Å². The lowest BCUT2D eigenvalue weighted by Gasteiger charge is -2.35. The Labute approximate surface area is 120 Å². The van der Waals surface area contributed by atoms with Crippen molar-refractivity contribution in [3.63, 3.8) is 0 Å². The van der Waals surface area contributed by atoms with Gasteiger partial charge in [-0.1, -0.05) is 25.1 Å². The zero-order chi connectivity index (χ0) is 13.7. The lowest BCUT2D eigenvalue weighted by molar-refractivity contribution is 0.177. The summed E-state index contributed by atoms with van der Waals surface area (Å²) in [7, 11) is 2.24. The van der Waals surface area contributed by atoms with E-state index in [1.54, 1.807) is 11.3 Å². The fourth-order valence-corrected chi connectivity index (χ4v) is 4.13. The van der Waals surface area contributed by atoms with Crippen molar-refractivity contribution in [1.29, 1.82) is 0 Å². The van der Waals surface area contributed by atoms with Crippen LogP contribution >= 0.6 is 0 Å². The largest absolute Gasteiger partial charge is 0.329 e. The Morgan fingerprint density at radius 2 is 2.05 bits per heavy atom. The molecule has 3 nitrogen and oxygen atoms in total. The quantitative estimate of drug-likeness (QED) is 0.788. The van der Waals surface area contributed by atoms with Crippen LogP contribution in [-0.4, -0.2) is 41.0 Å². The van der Waals surface area contributed by atoms with Crippen molar-refractivity contribution in [2.75, 3.05) is 26.7 Å². The Bertz CT molecular complexity index is 643. The summed E-state index contributed by atoms with van der Waals surface area (Å²) >= 11 is 0. The molecule has 106 valence electrons. The van der Waals surface area contributed by atoms with Gasteiger partial charge in [0.25, 0.3) is 0 Å². The first-order chi connectivity index (χ1) is 9.79. The standard InChI is InChI=1S/C17H23N3/c1-3-19-11-8-14-13-6-4-5-7-15(13)20-12-18(2)10-9-16(19)17(14)20/h4-7,16H,3,8-12H2,1-2H3. The second kappa shape index (κ2) is 4.61. The van der Waals surface area contributed by atoms with Gasteiger partial charge in [-0.05, 0) is 38.1 Å². The van der Waals surface area contributed by atoms with Crippen LogP contribution in [0, 0.1) is 0 Å². The van der Waals surface area contributed by atoms with Crippen molar-refractivity contribution in [1.82, 2.24) is 14.4 Å². The molecule has 2 aromatic rings. The minimum absolute atomic E-state index is 0.612. The Kier molecular flexibility index (Phi) is 2.86. The van der Waals surface area contributed by atoms with Gasteiger partial charge in [0.05, 0.1) is 12.7 Å². The maximum absolute atomic E-state index is 2.66. The van der Waals surface area contributed by atoms with Crippen LogP contribution in [0.3, 0.4) is 0 Å². The maximum atomic E-state index is 2.66. The Morgan fingerprint density at radius 1 is 1.20 bits per heavy atom. The van der Waals surface area contributed by atoms with Gasteiger partial charge in [-0.3, -0.25) is 9.80 Å². The first-order valence-corrected chi connectivity index (χ1v) is 7.82. The number of nitrogens with zero attached hydrogens (tertiary/aromatic N) is 3. The molecule has 0 fully saturated rings. The summed E-state index contributed by atoms with van der Waals surface area (Å²) in [4.78, 5) is 5.12. The van der Waals surface area contributed by atoms with Gasteiger partial charge in [0.15, 0.2) is 0 Å². The van der Waals surface area contributed by atoms with Gasteiger partial charge in [0, 0.05) is 29.7 Å². The van der Waals surface area contributed by atoms with Gasteiger partial charge in [-0.2, -0.15) is 0 Å². The van der Waals surface area contributed by atoms with Crippen molar-refractivity contribution in [3.8, 4) is 0 Å². The highest BCUT2D eigenvalue weighted by atomic mass is 15.3. The Hall–Kier alpha value is -1.32. The summed E-state index contributed by atoms with van der Waals surface area (Å²) in [5, 5.41) is 1.48. The molecule has 3 heteroatoms. The fourth-order valence-electron chi connectivity index (χ4n) is 4.13. The average Bonchev–Trinajstić information content (AvgIpc) is 2.67. The number of benzene rings is 1. The molecule has 1 aromatic heterocycles. The Balaban J connectivity index is 1.99. The molecule has 4 rings (SSSR count). The second-order valence-corrected chi connectivity index (χ2v) is 6.21. The minimum Gasteiger partial charge on any atom is -0.329 e. The van der Waals surface area contributed by atoms with E-state index in [1.807, 2.05) is 0 Å². The van der Waals surface area contributed by atoms with Crippen LogP contribution in [-0.2, 0) is 13.1 Å². The van der Waals surface area contributed by atoms with Crippen LogP contribution < -0.4 is 0 Å². The highest BCUT2D eigenvalue weighted by Gasteiger charge is 2.33. The zero-order valence-corrected chi connectivity index (χ0v) is 12.5. The Morgan fingerprint density at radius 3 is 2.90 bits per heavy atom. The van der Waals surface area contributed by atoms with Crippen LogP contribution in [0.4, 0.5) is 0 Å². The number of rotatable bonds is 1. The molecule has 0 spiro atoms. The summed E-state index contributed by atoms with van der Waals surface area (Å²) in [6.45, 7) is 6.90. The van der Waals surface area contributed by atoms with E-state index in [1.165, 1.54) is 36.8 Å². The zero-order valence-electron chi connectivity index (χ0n) is 12.5. The third-order valence-corrected chi connectivity index (χ3v) is 5.10. The lowest BCUT2D eigenvalue weighted by Crippen LogP contribution is -2.36. The van der Waals surface area contributed by atoms with Crippen molar-refractivity contribution >= 4 is 10.9 Å². The number of hydrogen-bond acceptors (Lipinski definition) is 2. The monoisotopic (exact) mass is 269 g/mol. The third-order valence-electron chi connectivity index (χ3n) is 5.10. The van der Waals surface area contributed by atoms with E-state index in [4.69, 9.17) is 0 Å². The number of aromatic nitrogens is 1. The molecule has 1 unspecified atom stereocenters. The summed E-state index contributed by atoms with van der Waals surface area (Å²) in [5.41, 5.74) is 4.64. The van der Waals surface area contributed by atoms with Gasteiger partial charge in [0.2, 0.25) is 0 Å². The van der Waals surface area contributed by atoms with Crippen molar-refractivity contribution < 1.29 is 0 Å². The molecule has 0 N–H and O–H groups in total. The molecule has 2 aliphatic rings. The average molecular weight is 269 g/mol. The first-order valence-electron chi connectivity index (χ1n) is 7.82. The van der Waals surface area contributed by atoms with E-state index < -0.39 is 0 Å². The molecule has 1 atom stereocenters. The molecule has 3 heterocycles. The first kappa shape index (κ1) is 12.4. The van der Waals surface area contributed by atoms with Crippen LogP contribution in [0.5, 0.6) is 0 Å². The fraction of sp³-hybridized carbons (Fsp3) is 0.529. The molecule has 0 saturated heterocycles. The molecule has 0 aliphatic carbocycles. The molecule has 0 bridgehead atoms. The number of fused-ring (bicyclic) bond motifs is 3. The van der Waals surface area contributed by atoms with E-state index in [2.05, 4.69) is 52.6 Å². The smallest absolute Gasteiger partial charge is 0.0752 e. The van der Waals surface area contributed by atoms with Gasteiger partial charge in [0.1, 0.15) is 0 Å². The molecular formula is C17H23N3. The van der Waals surface area contributed by atoms with Crippen LogP contribution in [0.2, 0.25) is 0 Å².